The molecule has 98 valence electrons. The highest BCUT2D eigenvalue weighted by atomic mass is 35.5. The second-order valence-corrected chi connectivity index (χ2v) is 5.15. The number of fused-ring (bicyclic) bond motifs is 1. The molecule has 19 heavy (non-hydrogen) atoms. The molecule has 0 radical (unpaired) electrons. The van der Waals surface area contributed by atoms with Gasteiger partial charge < -0.3 is 9.88 Å². The number of halogens is 1. The standard InChI is InChI=1S/C13H13ClN4O/c1-7-4-15-13(14)17-11(7)9-3-10-12(19)16-8(2)5-18(10)6-9/h3-4,6,8H,5H2,1-2H3,(H,16,19). The smallest absolute Gasteiger partial charge is 0.268 e. The van der Waals surface area contributed by atoms with E-state index in [1.807, 2.05) is 30.7 Å². The monoisotopic (exact) mass is 276 g/mol. The Bertz CT molecular complexity index is 665. The van der Waals surface area contributed by atoms with Crippen molar-refractivity contribution >= 4 is 17.5 Å². The molecule has 0 aliphatic carbocycles. The largest absolute Gasteiger partial charge is 0.347 e. The summed E-state index contributed by atoms with van der Waals surface area (Å²) >= 11 is 5.84. The third kappa shape index (κ3) is 2.10. The Hall–Kier alpha value is -1.88. The summed E-state index contributed by atoms with van der Waals surface area (Å²) in [5, 5.41) is 3.12. The van der Waals surface area contributed by atoms with Gasteiger partial charge >= 0.3 is 0 Å². The van der Waals surface area contributed by atoms with Gasteiger partial charge in [0.25, 0.3) is 5.91 Å². The maximum Gasteiger partial charge on any atom is 0.268 e. The van der Waals surface area contributed by atoms with Crippen molar-refractivity contribution < 1.29 is 4.79 Å². The molecule has 1 amide bonds. The summed E-state index contributed by atoms with van der Waals surface area (Å²) in [6.07, 6.45) is 3.63. The fourth-order valence-corrected chi connectivity index (χ4v) is 2.47. The summed E-state index contributed by atoms with van der Waals surface area (Å²) in [7, 11) is 0. The zero-order chi connectivity index (χ0) is 13.6. The molecule has 0 bridgehead atoms. The van der Waals surface area contributed by atoms with Crippen LogP contribution in [0.3, 0.4) is 0 Å². The average molecular weight is 277 g/mol. The molecule has 1 atom stereocenters. The maximum atomic E-state index is 11.9. The molecule has 1 aliphatic heterocycles. The fraction of sp³-hybridized carbons (Fsp3) is 0.308. The molecule has 0 saturated carbocycles. The van der Waals surface area contributed by atoms with Crippen molar-refractivity contribution in [3.05, 3.63) is 35.0 Å². The zero-order valence-corrected chi connectivity index (χ0v) is 11.4. The molecular formula is C13H13ClN4O. The van der Waals surface area contributed by atoms with Crippen LogP contribution >= 0.6 is 11.6 Å². The highest BCUT2D eigenvalue weighted by Crippen LogP contribution is 2.25. The van der Waals surface area contributed by atoms with Crippen LogP contribution in [0.4, 0.5) is 0 Å². The fourth-order valence-electron chi connectivity index (χ4n) is 2.33. The lowest BCUT2D eigenvalue weighted by Gasteiger charge is -2.22. The van der Waals surface area contributed by atoms with Crippen molar-refractivity contribution in [2.24, 2.45) is 0 Å². The van der Waals surface area contributed by atoms with Gasteiger partial charge in [0.15, 0.2) is 0 Å². The number of aromatic nitrogens is 3. The molecule has 0 fully saturated rings. The van der Waals surface area contributed by atoms with E-state index in [2.05, 4.69) is 15.3 Å². The quantitative estimate of drug-likeness (QED) is 0.811. The number of hydrogen-bond acceptors (Lipinski definition) is 3. The van der Waals surface area contributed by atoms with Crippen molar-refractivity contribution in [3.63, 3.8) is 0 Å². The first-order valence-corrected chi connectivity index (χ1v) is 6.43. The van der Waals surface area contributed by atoms with E-state index in [1.165, 1.54) is 0 Å². The Labute approximate surface area is 115 Å². The van der Waals surface area contributed by atoms with Crippen LogP contribution < -0.4 is 5.32 Å². The lowest BCUT2D eigenvalue weighted by Crippen LogP contribution is -2.41. The van der Waals surface area contributed by atoms with Gasteiger partial charge in [0.05, 0.1) is 5.69 Å². The van der Waals surface area contributed by atoms with E-state index in [0.29, 0.717) is 5.69 Å². The first kappa shape index (κ1) is 12.2. The molecule has 0 saturated heterocycles. The second-order valence-electron chi connectivity index (χ2n) is 4.81. The SMILES string of the molecule is Cc1cnc(Cl)nc1-c1cc2n(c1)CC(C)NC2=O. The number of carbonyl (C=O) groups is 1. The van der Waals surface area contributed by atoms with Gasteiger partial charge in [0, 0.05) is 30.5 Å². The predicted molar refractivity (Wildman–Crippen MR) is 72.1 cm³/mol. The number of amides is 1. The number of rotatable bonds is 1. The summed E-state index contributed by atoms with van der Waals surface area (Å²) in [5.41, 5.74) is 3.24. The number of nitrogens with one attached hydrogen (secondary N) is 1. The average Bonchev–Trinajstić information content (AvgIpc) is 2.76. The molecule has 6 heteroatoms. The topological polar surface area (TPSA) is 59.8 Å². The first-order valence-electron chi connectivity index (χ1n) is 6.05. The lowest BCUT2D eigenvalue weighted by atomic mass is 10.1. The van der Waals surface area contributed by atoms with E-state index in [0.717, 1.165) is 23.4 Å². The van der Waals surface area contributed by atoms with E-state index in [1.54, 1.807) is 6.20 Å². The summed E-state index contributed by atoms with van der Waals surface area (Å²) in [6.45, 7) is 4.66. The summed E-state index contributed by atoms with van der Waals surface area (Å²) < 4.78 is 1.95. The summed E-state index contributed by atoms with van der Waals surface area (Å²) in [5.74, 6) is -0.0530. The van der Waals surface area contributed by atoms with E-state index < -0.39 is 0 Å². The number of carbonyl (C=O) groups excluding carboxylic acids is 1. The van der Waals surface area contributed by atoms with Crippen molar-refractivity contribution in [1.29, 1.82) is 0 Å². The van der Waals surface area contributed by atoms with E-state index >= 15 is 0 Å². The van der Waals surface area contributed by atoms with Gasteiger partial charge in [-0.2, -0.15) is 0 Å². The minimum atomic E-state index is -0.0530. The Morgan fingerprint density at radius 1 is 1.53 bits per heavy atom. The Morgan fingerprint density at radius 2 is 2.32 bits per heavy atom. The molecule has 0 aromatic carbocycles. The third-order valence-electron chi connectivity index (χ3n) is 3.19. The molecule has 3 rings (SSSR count). The maximum absolute atomic E-state index is 11.9. The molecule has 1 aliphatic rings. The van der Waals surface area contributed by atoms with Crippen LogP contribution in [0.5, 0.6) is 0 Å². The van der Waals surface area contributed by atoms with Crippen LogP contribution in [0.1, 0.15) is 23.0 Å². The van der Waals surface area contributed by atoms with Crippen molar-refractivity contribution in [2.45, 2.75) is 26.4 Å². The molecule has 3 heterocycles. The van der Waals surface area contributed by atoms with Crippen LogP contribution in [0.2, 0.25) is 5.28 Å². The highest BCUT2D eigenvalue weighted by Gasteiger charge is 2.23. The van der Waals surface area contributed by atoms with Gasteiger partial charge in [-0.05, 0) is 37.1 Å². The van der Waals surface area contributed by atoms with Crippen molar-refractivity contribution in [3.8, 4) is 11.3 Å². The van der Waals surface area contributed by atoms with Gasteiger partial charge in [-0.1, -0.05) is 0 Å². The highest BCUT2D eigenvalue weighted by molar-refractivity contribution is 6.28. The van der Waals surface area contributed by atoms with Crippen LogP contribution in [0.25, 0.3) is 11.3 Å². The van der Waals surface area contributed by atoms with Crippen LogP contribution in [0.15, 0.2) is 18.5 Å². The van der Waals surface area contributed by atoms with Gasteiger partial charge in [0.2, 0.25) is 5.28 Å². The summed E-state index contributed by atoms with van der Waals surface area (Å²) in [4.78, 5) is 20.1. The van der Waals surface area contributed by atoms with E-state index in [4.69, 9.17) is 11.6 Å². The van der Waals surface area contributed by atoms with E-state index in [9.17, 15) is 4.79 Å². The van der Waals surface area contributed by atoms with Crippen molar-refractivity contribution in [2.75, 3.05) is 0 Å². The molecule has 5 nitrogen and oxygen atoms in total. The molecule has 2 aromatic heterocycles. The summed E-state index contributed by atoms with van der Waals surface area (Å²) in [6, 6.07) is 1.97. The number of nitrogens with zero attached hydrogens (tertiary/aromatic N) is 3. The zero-order valence-electron chi connectivity index (χ0n) is 10.6. The normalized spacial score (nSPS) is 18.1. The lowest BCUT2D eigenvalue weighted by molar-refractivity contribution is 0.0906. The Kier molecular flexibility index (Phi) is 2.78. The van der Waals surface area contributed by atoms with Crippen LogP contribution in [0, 0.1) is 6.92 Å². The van der Waals surface area contributed by atoms with Crippen LogP contribution in [-0.4, -0.2) is 26.5 Å². The molecule has 2 aromatic rings. The van der Waals surface area contributed by atoms with Gasteiger partial charge in [-0.25, -0.2) is 9.97 Å². The van der Waals surface area contributed by atoms with Gasteiger partial charge in [0.1, 0.15) is 5.69 Å². The molecule has 1 unspecified atom stereocenters. The predicted octanol–water partition coefficient (Wildman–Crippen LogP) is 2.04. The minimum Gasteiger partial charge on any atom is -0.347 e. The van der Waals surface area contributed by atoms with Crippen molar-refractivity contribution in [1.82, 2.24) is 19.9 Å². The van der Waals surface area contributed by atoms with E-state index in [-0.39, 0.29) is 17.2 Å². The first-order chi connectivity index (χ1) is 9.04. The number of hydrogen-bond donors (Lipinski definition) is 1. The minimum absolute atomic E-state index is 0.0530. The Morgan fingerprint density at radius 3 is 3.11 bits per heavy atom. The Balaban J connectivity index is 2.10. The van der Waals surface area contributed by atoms with Gasteiger partial charge in [-0.15, -0.1) is 0 Å². The van der Waals surface area contributed by atoms with Gasteiger partial charge in [-0.3, -0.25) is 4.79 Å². The number of aryl methyl sites for hydroxylation is 1. The molecule has 0 spiro atoms. The molecular weight excluding hydrogens is 264 g/mol. The molecule has 1 N–H and O–H groups in total. The second kappa shape index (κ2) is 4.35. The third-order valence-corrected chi connectivity index (χ3v) is 3.38. The van der Waals surface area contributed by atoms with Crippen LogP contribution in [-0.2, 0) is 6.54 Å².